The maximum absolute atomic E-state index is 11.7. The molecule has 0 bridgehead atoms. The van der Waals surface area contributed by atoms with Crippen molar-refractivity contribution in [2.45, 2.75) is 6.42 Å². The van der Waals surface area contributed by atoms with Crippen LogP contribution in [0.4, 0.5) is 0 Å². The molecule has 1 aliphatic rings. The van der Waals surface area contributed by atoms with Crippen LogP contribution in [0.2, 0.25) is 0 Å². The van der Waals surface area contributed by atoms with Crippen LogP contribution in [0, 0.1) is 5.92 Å². The molecule has 1 atom stereocenters. The Morgan fingerprint density at radius 3 is 2.52 bits per heavy atom. The molecule has 1 saturated heterocycles. The van der Waals surface area contributed by atoms with E-state index in [-0.39, 0.29) is 12.5 Å². The molecule has 0 saturated carbocycles. The van der Waals surface area contributed by atoms with Gasteiger partial charge >= 0.3 is 5.97 Å². The number of likely N-dealkylation sites (tertiary alicyclic amines) is 1. The number of amides is 2. The first-order chi connectivity index (χ1) is 10.1. The van der Waals surface area contributed by atoms with Crippen LogP contribution in [-0.4, -0.2) is 47.4 Å². The Bertz CT molecular complexity index is 532. The molecule has 3 N–H and O–H groups in total. The van der Waals surface area contributed by atoms with Crippen molar-refractivity contribution in [3.05, 3.63) is 35.9 Å². The molecule has 2 rings (SSSR count). The zero-order valence-electron chi connectivity index (χ0n) is 11.4. The number of nitrogens with one attached hydrogen (secondary N) is 2. The van der Waals surface area contributed by atoms with Crippen LogP contribution in [0.3, 0.4) is 0 Å². The predicted molar refractivity (Wildman–Crippen MR) is 74.2 cm³/mol. The number of rotatable bonds is 4. The van der Waals surface area contributed by atoms with Gasteiger partial charge < -0.3 is 5.11 Å². The molecule has 1 unspecified atom stereocenters. The number of carbonyl (C=O) groups is 3. The van der Waals surface area contributed by atoms with Crippen LogP contribution in [0.25, 0.3) is 0 Å². The highest BCUT2D eigenvalue weighted by atomic mass is 16.4. The smallest absolute Gasteiger partial charge is 0.307 e. The van der Waals surface area contributed by atoms with Crippen LogP contribution in [-0.2, 0) is 9.59 Å². The lowest BCUT2D eigenvalue weighted by Gasteiger charge is -2.15. The lowest BCUT2D eigenvalue weighted by atomic mass is 10.1. The molecule has 112 valence electrons. The standard InChI is InChI=1S/C14H17N3O4/c18-12(9-17-7-6-11(8-17)14(20)21)15-16-13(19)10-4-2-1-3-5-10/h1-5,11H,6-9H2,(H,15,18)(H,16,19)(H,20,21). The third-order valence-corrected chi connectivity index (χ3v) is 3.34. The second-order valence-electron chi connectivity index (χ2n) is 4.93. The van der Waals surface area contributed by atoms with E-state index >= 15 is 0 Å². The van der Waals surface area contributed by atoms with Gasteiger partial charge in [-0.2, -0.15) is 0 Å². The number of carbonyl (C=O) groups excluding carboxylic acids is 2. The predicted octanol–water partition coefficient (Wildman–Crippen LogP) is -0.146. The van der Waals surface area contributed by atoms with E-state index in [1.54, 1.807) is 35.2 Å². The first-order valence-corrected chi connectivity index (χ1v) is 6.65. The van der Waals surface area contributed by atoms with E-state index < -0.39 is 17.8 Å². The van der Waals surface area contributed by atoms with Gasteiger partial charge in [-0.1, -0.05) is 18.2 Å². The molecule has 0 aliphatic carbocycles. The monoisotopic (exact) mass is 291 g/mol. The molecular weight excluding hydrogens is 274 g/mol. The van der Waals surface area contributed by atoms with Gasteiger partial charge in [0.25, 0.3) is 11.8 Å². The topological polar surface area (TPSA) is 98.7 Å². The van der Waals surface area contributed by atoms with Gasteiger partial charge in [-0.05, 0) is 25.1 Å². The zero-order valence-corrected chi connectivity index (χ0v) is 11.4. The maximum atomic E-state index is 11.7. The van der Waals surface area contributed by atoms with Crippen LogP contribution in [0.5, 0.6) is 0 Å². The Morgan fingerprint density at radius 1 is 1.19 bits per heavy atom. The largest absolute Gasteiger partial charge is 0.481 e. The first kappa shape index (κ1) is 15.0. The van der Waals surface area contributed by atoms with Crippen LogP contribution >= 0.6 is 0 Å². The summed E-state index contributed by atoms with van der Waals surface area (Å²) in [6.45, 7) is 0.991. The number of hydrogen-bond acceptors (Lipinski definition) is 4. The van der Waals surface area contributed by atoms with Gasteiger partial charge in [-0.25, -0.2) is 0 Å². The van der Waals surface area contributed by atoms with E-state index in [2.05, 4.69) is 10.9 Å². The number of aliphatic carboxylic acids is 1. The normalized spacial score (nSPS) is 18.2. The summed E-state index contributed by atoms with van der Waals surface area (Å²) in [7, 11) is 0. The molecule has 1 fully saturated rings. The number of hydrazine groups is 1. The third-order valence-electron chi connectivity index (χ3n) is 3.34. The van der Waals surface area contributed by atoms with Gasteiger partial charge in [-0.15, -0.1) is 0 Å². The lowest BCUT2D eigenvalue weighted by molar-refractivity contribution is -0.141. The fourth-order valence-electron chi connectivity index (χ4n) is 2.21. The second-order valence-corrected chi connectivity index (χ2v) is 4.93. The molecule has 1 aromatic rings. The van der Waals surface area contributed by atoms with E-state index in [0.29, 0.717) is 25.1 Å². The summed E-state index contributed by atoms with van der Waals surface area (Å²) in [5.74, 6) is -2.02. The summed E-state index contributed by atoms with van der Waals surface area (Å²) in [6, 6.07) is 8.53. The molecule has 1 aromatic carbocycles. The lowest BCUT2D eigenvalue weighted by Crippen LogP contribution is -2.46. The number of carboxylic acid groups (broad SMARTS) is 1. The molecule has 1 aliphatic heterocycles. The van der Waals surface area contributed by atoms with Crippen molar-refractivity contribution in [1.82, 2.24) is 15.8 Å². The molecule has 2 amide bonds. The van der Waals surface area contributed by atoms with Crippen molar-refractivity contribution in [2.24, 2.45) is 5.92 Å². The van der Waals surface area contributed by atoms with Crippen LogP contribution in [0.15, 0.2) is 30.3 Å². The van der Waals surface area contributed by atoms with Gasteiger partial charge in [-0.3, -0.25) is 30.1 Å². The van der Waals surface area contributed by atoms with E-state index in [4.69, 9.17) is 5.11 Å². The average molecular weight is 291 g/mol. The highest BCUT2D eigenvalue weighted by molar-refractivity contribution is 5.95. The van der Waals surface area contributed by atoms with E-state index in [1.165, 1.54) is 0 Å². The molecule has 0 aromatic heterocycles. The zero-order chi connectivity index (χ0) is 15.2. The van der Waals surface area contributed by atoms with Gasteiger partial charge in [0.05, 0.1) is 12.5 Å². The first-order valence-electron chi connectivity index (χ1n) is 6.65. The minimum absolute atomic E-state index is 0.0683. The van der Waals surface area contributed by atoms with E-state index in [9.17, 15) is 14.4 Å². The highest BCUT2D eigenvalue weighted by Gasteiger charge is 2.28. The SMILES string of the molecule is O=C(CN1CCC(C(=O)O)C1)NNC(=O)c1ccccc1. The number of benzene rings is 1. The van der Waals surface area contributed by atoms with Crippen LogP contribution < -0.4 is 10.9 Å². The molecule has 0 radical (unpaired) electrons. The Morgan fingerprint density at radius 2 is 1.90 bits per heavy atom. The minimum Gasteiger partial charge on any atom is -0.481 e. The minimum atomic E-state index is -0.838. The molecular formula is C14H17N3O4. The number of carboxylic acids is 1. The Kier molecular flexibility index (Phi) is 4.89. The highest BCUT2D eigenvalue weighted by Crippen LogP contribution is 2.15. The van der Waals surface area contributed by atoms with Gasteiger partial charge in [0.1, 0.15) is 0 Å². The Balaban J connectivity index is 1.73. The van der Waals surface area contributed by atoms with Crippen molar-refractivity contribution in [1.29, 1.82) is 0 Å². The fraction of sp³-hybridized carbons (Fsp3) is 0.357. The molecule has 1 heterocycles. The number of nitrogens with zero attached hydrogens (tertiary/aromatic N) is 1. The summed E-state index contributed by atoms with van der Waals surface area (Å²) in [5, 5.41) is 8.88. The third kappa shape index (κ3) is 4.28. The van der Waals surface area contributed by atoms with Gasteiger partial charge in [0.2, 0.25) is 0 Å². The molecule has 21 heavy (non-hydrogen) atoms. The summed E-state index contributed by atoms with van der Waals surface area (Å²) < 4.78 is 0. The quantitative estimate of drug-likeness (QED) is 0.670. The summed E-state index contributed by atoms with van der Waals surface area (Å²) in [4.78, 5) is 36.0. The van der Waals surface area contributed by atoms with Crippen molar-refractivity contribution in [3.63, 3.8) is 0 Å². The summed E-state index contributed by atoms with van der Waals surface area (Å²) in [5.41, 5.74) is 5.10. The van der Waals surface area contributed by atoms with Crippen molar-refractivity contribution in [3.8, 4) is 0 Å². The summed E-state index contributed by atoms with van der Waals surface area (Å²) >= 11 is 0. The van der Waals surface area contributed by atoms with E-state index in [1.807, 2.05) is 0 Å². The number of hydrogen-bond donors (Lipinski definition) is 3. The van der Waals surface area contributed by atoms with Crippen LogP contribution in [0.1, 0.15) is 16.8 Å². The fourth-order valence-corrected chi connectivity index (χ4v) is 2.21. The molecule has 7 nitrogen and oxygen atoms in total. The Hall–Kier alpha value is -2.41. The molecule has 7 heteroatoms. The van der Waals surface area contributed by atoms with Crippen molar-refractivity contribution in [2.75, 3.05) is 19.6 Å². The maximum Gasteiger partial charge on any atom is 0.307 e. The molecule has 0 spiro atoms. The average Bonchev–Trinajstić information content (AvgIpc) is 2.94. The summed E-state index contributed by atoms with van der Waals surface area (Å²) in [6.07, 6.45) is 0.541. The Labute approximate surface area is 121 Å². The van der Waals surface area contributed by atoms with E-state index in [0.717, 1.165) is 0 Å². The second kappa shape index (κ2) is 6.85. The van der Waals surface area contributed by atoms with Gasteiger partial charge in [0, 0.05) is 12.1 Å². The van der Waals surface area contributed by atoms with Gasteiger partial charge in [0.15, 0.2) is 0 Å². The van der Waals surface area contributed by atoms with Crippen molar-refractivity contribution < 1.29 is 19.5 Å². The van der Waals surface area contributed by atoms with Crippen molar-refractivity contribution >= 4 is 17.8 Å².